The summed E-state index contributed by atoms with van der Waals surface area (Å²) in [6, 6.07) is 7.64. The van der Waals surface area contributed by atoms with Gasteiger partial charge in [-0.3, -0.25) is 4.79 Å². The van der Waals surface area contributed by atoms with Crippen LogP contribution in [0.4, 0.5) is 0 Å². The van der Waals surface area contributed by atoms with E-state index >= 15 is 0 Å². The second-order valence-electron chi connectivity index (χ2n) is 7.98. The van der Waals surface area contributed by atoms with Crippen molar-refractivity contribution in [2.75, 3.05) is 28.4 Å². The molecule has 1 aromatic heterocycles. The van der Waals surface area contributed by atoms with Crippen LogP contribution in [0.2, 0.25) is 0 Å². The highest BCUT2D eigenvalue weighted by atomic mass is 32.1. The van der Waals surface area contributed by atoms with E-state index in [9.17, 15) is 9.59 Å². The quantitative estimate of drug-likeness (QED) is 0.631. The van der Waals surface area contributed by atoms with Gasteiger partial charge in [-0.1, -0.05) is 6.07 Å². The largest absolute Gasteiger partial charge is 0.493 e. The molecule has 1 aliphatic heterocycles. The smallest absolute Gasteiger partial charge is 0.336 e. The van der Waals surface area contributed by atoms with Gasteiger partial charge in [0.1, 0.15) is 0 Å². The van der Waals surface area contributed by atoms with E-state index in [2.05, 4.69) is 11.4 Å². The topological polar surface area (TPSA) is 83.1 Å². The molecule has 0 saturated carbocycles. The minimum atomic E-state index is -0.612. The number of allylic oxidation sites excluding steroid dienone is 3. The van der Waals surface area contributed by atoms with Crippen molar-refractivity contribution in [3.05, 3.63) is 62.6 Å². The minimum absolute atomic E-state index is 0.00908. The number of Topliss-reactive ketones (excluding diaryl/α,β-unsaturated/α-hetero) is 1. The highest BCUT2D eigenvalue weighted by Crippen LogP contribution is 2.49. The van der Waals surface area contributed by atoms with Gasteiger partial charge in [0.15, 0.2) is 17.3 Å². The van der Waals surface area contributed by atoms with Crippen LogP contribution in [-0.2, 0) is 14.3 Å². The van der Waals surface area contributed by atoms with Crippen LogP contribution in [-0.4, -0.2) is 40.2 Å². The average Bonchev–Trinajstić information content (AvgIpc) is 3.36. The Morgan fingerprint density at radius 1 is 1.06 bits per heavy atom. The number of nitrogens with one attached hydrogen (secondary N) is 1. The average molecular weight is 470 g/mol. The molecule has 0 amide bonds. The number of ketones is 1. The van der Waals surface area contributed by atoms with Gasteiger partial charge in [-0.2, -0.15) is 0 Å². The van der Waals surface area contributed by atoms with Crippen LogP contribution in [0.15, 0.2) is 52.2 Å². The molecule has 1 aromatic carbocycles. The predicted molar refractivity (Wildman–Crippen MR) is 125 cm³/mol. The second kappa shape index (κ2) is 9.31. The Kier molecular flexibility index (Phi) is 6.47. The van der Waals surface area contributed by atoms with Gasteiger partial charge in [-0.25, -0.2) is 4.79 Å². The van der Waals surface area contributed by atoms with Crippen molar-refractivity contribution >= 4 is 23.1 Å². The van der Waals surface area contributed by atoms with E-state index in [1.807, 2.05) is 18.4 Å². The molecule has 2 aliphatic rings. The molecule has 2 aromatic rings. The molecule has 0 spiro atoms. The van der Waals surface area contributed by atoms with Crippen LogP contribution in [0.5, 0.6) is 17.2 Å². The van der Waals surface area contributed by atoms with Crippen LogP contribution in [0.3, 0.4) is 0 Å². The van der Waals surface area contributed by atoms with Crippen LogP contribution in [0, 0.1) is 0 Å². The summed E-state index contributed by atoms with van der Waals surface area (Å²) in [4.78, 5) is 27.6. The fourth-order valence-electron chi connectivity index (χ4n) is 4.75. The number of hydrogen-bond donors (Lipinski definition) is 1. The molecule has 4 rings (SSSR count). The highest BCUT2D eigenvalue weighted by Gasteiger charge is 2.42. The number of thiophene rings is 1. The molecule has 2 atom stereocenters. The molecule has 0 radical (unpaired) electrons. The number of carbonyl (C=O) groups excluding carboxylic acids is 2. The molecular weight excluding hydrogens is 442 g/mol. The van der Waals surface area contributed by atoms with E-state index in [-0.39, 0.29) is 11.7 Å². The van der Waals surface area contributed by atoms with Crippen molar-refractivity contribution in [3.63, 3.8) is 0 Å². The normalized spacial score (nSPS) is 20.2. The fraction of sp³-hybridized carbons (Fsp3) is 0.360. The number of benzene rings is 1. The Balaban J connectivity index is 1.89. The van der Waals surface area contributed by atoms with Crippen molar-refractivity contribution in [1.29, 1.82) is 0 Å². The Bertz CT molecular complexity index is 1120. The van der Waals surface area contributed by atoms with Crippen molar-refractivity contribution in [3.8, 4) is 17.2 Å². The zero-order valence-electron chi connectivity index (χ0n) is 19.3. The zero-order chi connectivity index (χ0) is 23.7. The first kappa shape index (κ1) is 22.9. The van der Waals surface area contributed by atoms with Crippen molar-refractivity contribution in [2.24, 2.45) is 0 Å². The lowest BCUT2D eigenvalue weighted by Crippen LogP contribution is -2.35. The number of dihydropyridines is 1. The molecule has 8 heteroatoms. The molecule has 33 heavy (non-hydrogen) atoms. The lowest BCUT2D eigenvalue weighted by atomic mass is 9.72. The Morgan fingerprint density at radius 3 is 2.30 bits per heavy atom. The maximum absolute atomic E-state index is 13.6. The number of esters is 1. The van der Waals surface area contributed by atoms with Crippen LogP contribution in [0.1, 0.15) is 42.0 Å². The summed E-state index contributed by atoms with van der Waals surface area (Å²) in [7, 11) is 5.95. The van der Waals surface area contributed by atoms with Crippen LogP contribution < -0.4 is 19.5 Å². The summed E-state index contributed by atoms with van der Waals surface area (Å²) in [5.41, 5.74) is 3.19. The molecular formula is C25H27NO6S. The third-order valence-electron chi connectivity index (χ3n) is 6.20. The lowest BCUT2D eigenvalue weighted by molar-refractivity contribution is -0.136. The summed E-state index contributed by atoms with van der Waals surface area (Å²) < 4.78 is 21.6. The van der Waals surface area contributed by atoms with Gasteiger partial charge in [-0.05, 0) is 42.5 Å². The maximum Gasteiger partial charge on any atom is 0.336 e. The van der Waals surface area contributed by atoms with E-state index in [1.54, 1.807) is 23.5 Å². The van der Waals surface area contributed by atoms with E-state index in [0.29, 0.717) is 52.5 Å². The molecule has 0 fully saturated rings. The van der Waals surface area contributed by atoms with Gasteiger partial charge in [-0.15, -0.1) is 11.3 Å². The fourth-order valence-corrected chi connectivity index (χ4v) is 5.58. The summed E-state index contributed by atoms with van der Waals surface area (Å²) >= 11 is 1.66. The summed E-state index contributed by atoms with van der Waals surface area (Å²) in [6.45, 7) is 1.83. The second-order valence-corrected chi connectivity index (χ2v) is 8.96. The standard InChI is InChI=1S/C25H27NO6S/c1-13-21(25(28)32-5)22(15-11-18(29-2)24(31-4)19(12-15)30-3)23-16(26-13)9-14(10-17(23)27)20-7-6-8-33-20/h6-8,11-12,14,22,26H,9-10H2,1-5H3/t14-,22-/m1/s1. The van der Waals surface area contributed by atoms with Gasteiger partial charge >= 0.3 is 5.97 Å². The third kappa shape index (κ3) is 3.99. The molecule has 0 bridgehead atoms. The first-order valence-electron chi connectivity index (χ1n) is 10.6. The highest BCUT2D eigenvalue weighted by molar-refractivity contribution is 7.10. The van der Waals surface area contributed by atoms with E-state index in [0.717, 1.165) is 5.70 Å². The SMILES string of the molecule is COC(=O)C1=C(C)NC2=C(C(=O)C[C@H](c3cccs3)C2)[C@@H]1c1cc(OC)c(OC)c(OC)c1. The third-order valence-corrected chi connectivity index (χ3v) is 7.23. The number of rotatable bonds is 6. The monoisotopic (exact) mass is 469 g/mol. The van der Waals surface area contributed by atoms with Crippen LogP contribution in [0.25, 0.3) is 0 Å². The molecule has 0 unspecified atom stereocenters. The van der Waals surface area contributed by atoms with E-state index in [1.165, 1.54) is 33.3 Å². The van der Waals surface area contributed by atoms with Gasteiger partial charge in [0.25, 0.3) is 0 Å². The Hall–Kier alpha value is -3.26. The van der Waals surface area contributed by atoms with Crippen molar-refractivity contribution in [2.45, 2.75) is 31.6 Å². The van der Waals surface area contributed by atoms with Gasteiger partial charge in [0, 0.05) is 40.1 Å². The predicted octanol–water partition coefficient (Wildman–Crippen LogP) is 4.31. The van der Waals surface area contributed by atoms with E-state index < -0.39 is 11.9 Å². The number of carbonyl (C=O) groups is 2. The summed E-state index contributed by atoms with van der Waals surface area (Å²) in [5.74, 6) is 0.368. The Labute approximate surface area is 197 Å². The molecule has 1 aliphatic carbocycles. The zero-order valence-corrected chi connectivity index (χ0v) is 20.1. The lowest BCUT2D eigenvalue weighted by Gasteiger charge is -2.36. The molecule has 2 heterocycles. The minimum Gasteiger partial charge on any atom is -0.493 e. The van der Waals surface area contributed by atoms with Gasteiger partial charge in [0.05, 0.1) is 34.0 Å². The number of ether oxygens (including phenoxy) is 4. The number of methoxy groups -OCH3 is 4. The molecule has 1 N–H and O–H groups in total. The molecule has 174 valence electrons. The van der Waals surface area contributed by atoms with Crippen LogP contribution >= 0.6 is 11.3 Å². The van der Waals surface area contributed by atoms with Gasteiger partial charge in [0.2, 0.25) is 5.75 Å². The van der Waals surface area contributed by atoms with Crippen molar-refractivity contribution in [1.82, 2.24) is 5.32 Å². The first-order valence-corrected chi connectivity index (χ1v) is 11.5. The first-order chi connectivity index (χ1) is 15.9. The molecule has 0 saturated heterocycles. The number of hydrogen-bond acceptors (Lipinski definition) is 8. The van der Waals surface area contributed by atoms with Gasteiger partial charge < -0.3 is 24.3 Å². The van der Waals surface area contributed by atoms with E-state index in [4.69, 9.17) is 18.9 Å². The summed E-state index contributed by atoms with van der Waals surface area (Å²) in [6.07, 6.45) is 1.07. The Morgan fingerprint density at radius 2 is 1.76 bits per heavy atom. The summed E-state index contributed by atoms with van der Waals surface area (Å²) in [5, 5.41) is 5.37. The van der Waals surface area contributed by atoms with Crippen molar-refractivity contribution < 1.29 is 28.5 Å². The maximum atomic E-state index is 13.6. The molecule has 7 nitrogen and oxygen atoms in total.